The Hall–Kier alpha value is -2.60. The van der Waals surface area contributed by atoms with Gasteiger partial charge in [0, 0.05) is 17.3 Å². The average Bonchev–Trinajstić information content (AvgIpc) is 2.43. The van der Waals surface area contributed by atoms with Crippen molar-refractivity contribution in [1.82, 2.24) is 0 Å². The highest BCUT2D eigenvalue weighted by Crippen LogP contribution is 2.31. The second-order valence-corrected chi connectivity index (χ2v) is 4.82. The largest absolute Gasteiger partial charge is 0.392 e. The molecule has 0 saturated heterocycles. The van der Waals surface area contributed by atoms with Crippen molar-refractivity contribution >= 4 is 34.6 Å². The molecule has 1 amide bonds. The number of nitrogen functional groups attached to an aromatic ring is 1. The van der Waals surface area contributed by atoms with Crippen molar-refractivity contribution < 1.29 is 9.72 Å². The summed E-state index contributed by atoms with van der Waals surface area (Å²) in [5, 5.41) is 13.5. The van der Waals surface area contributed by atoms with Gasteiger partial charge in [-0.3, -0.25) is 14.9 Å². The smallest absolute Gasteiger partial charge is 0.294 e. The SMILES string of the molecule is Cc1ccccc1NC(=O)c1cc(Cl)c(N)c([N+](=O)[O-])c1. The van der Waals surface area contributed by atoms with Crippen LogP contribution in [0, 0.1) is 17.0 Å². The number of rotatable bonds is 3. The number of halogens is 1. The Bertz CT molecular complexity index is 731. The van der Waals surface area contributed by atoms with Gasteiger partial charge in [-0.2, -0.15) is 0 Å². The number of hydrogen-bond donors (Lipinski definition) is 2. The van der Waals surface area contributed by atoms with Crippen LogP contribution in [0.3, 0.4) is 0 Å². The minimum Gasteiger partial charge on any atom is -0.392 e. The summed E-state index contributed by atoms with van der Waals surface area (Å²) >= 11 is 5.83. The molecule has 0 unspecified atom stereocenters. The zero-order valence-electron chi connectivity index (χ0n) is 11.1. The number of para-hydroxylation sites is 1. The maximum Gasteiger partial charge on any atom is 0.294 e. The van der Waals surface area contributed by atoms with Crippen LogP contribution in [-0.2, 0) is 0 Å². The third kappa shape index (κ3) is 3.11. The van der Waals surface area contributed by atoms with Gasteiger partial charge in [0.15, 0.2) is 0 Å². The van der Waals surface area contributed by atoms with Gasteiger partial charge in [0.1, 0.15) is 5.69 Å². The lowest BCUT2D eigenvalue weighted by Crippen LogP contribution is -2.13. The summed E-state index contributed by atoms with van der Waals surface area (Å²) in [5.74, 6) is -0.491. The van der Waals surface area contributed by atoms with Crippen LogP contribution in [-0.4, -0.2) is 10.8 Å². The first-order chi connectivity index (χ1) is 9.90. The molecule has 3 N–H and O–H groups in total. The predicted octanol–water partition coefficient (Wildman–Crippen LogP) is 3.39. The molecule has 2 aromatic rings. The Morgan fingerprint density at radius 1 is 1.33 bits per heavy atom. The van der Waals surface area contributed by atoms with Crippen LogP contribution in [0.5, 0.6) is 0 Å². The second-order valence-electron chi connectivity index (χ2n) is 4.42. The highest BCUT2D eigenvalue weighted by atomic mass is 35.5. The first-order valence-electron chi connectivity index (χ1n) is 6.00. The normalized spacial score (nSPS) is 10.2. The zero-order chi connectivity index (χ0) is 15.6. The molecule has 0 saturated carbocycles. The minimum atomic E-state index is -0.675. The first-order valence-corrected chi connectivity index (χ1v) is 6.38. The number of nitrogens with zero attached hydrogens (tertiary/aromatic N) is 1. The van der Waals surface area contributed by atoms with E-state index >= 15 is 0 Å². The van der Waals surface area contributed by atoms with Gasteiger partial charge in [-0.25, -0.2) is 0 Å². The highest BCUT2D eigenvalue weighted by molar-refractivity contribution is 6.34. The van der Waals surface area contributed by atoms with Crippen molar-refractivity contribution in [2.45, 2.75) is 6.92 Å². The molecule has 6 nitrogen and oxygen atoms in total. The molecular formula is C14H12ClN3O3. The molecule has 0 radical (unpaired) electrons. The Labute approximate surface area is 125 Å². The molecule has 0 heterocycles. The van der Waals surface area contributed by atoms with Crippen LogP contribution >= 0.6 is 11.6 Å². The summed E-state index contributed by atoms with van der Waals surface area (Å²) in [4.78, 5) is 22.4. The molecule has 21 heavy (non-hydrogen) atoms. The van der Waals surface area contributed by atoms with Crippen molar-refractivity contribution in [3.05, 3.63) is 62.7 Å². The van der Waals surface area contributed by atoms with Gasteiger partial charge in [-0.05, 0) is 24.6 Å². The number of amides is 1. The van der Waals surface area contributed by atoms with Crippen molar-refractivity contribution in [2.75, 3.05) is 11.1 Å². The maximum atomic E-state index is 12.2. The van der Waals surface area contributed by atoms with Crippen molar-refractivity contribution in [1.29, 1.82) is 0 Å². The molecule has 108 valence electrons. The fourth-order valence-corrected chi connectivity index (χ4v) is 2.01. The van der Waals surface area contributed by atoms with Gasteiger partial charge in [0.2, 0.25) is 0 Å². The maximum absolute atomic E-state index is 12.2. The van der Waals surface area contributed by atoms with E-state index in [0.29, 0.717) is 5.69 Å². The number of aryl methyl sites for hydroxylation is 1. The molecule has 7 heteroatoms. The van der Waals surface area contributed by atoms with Crippen molar-refractivity contribution in [2.24, 2.45) is 0 Å². The summed E-state index contributed by atoms with van der Waals surface area (Å²) in [7, 11) is 0. The van der Waals surface area contributed by atoms with Crippen LogP contribution in [0.4, 0.5) is 17.1 Å². The molecule has 0 spiro atoms. The number of nitrogens with two attached hydrogens (primary N) is 1. The van der Waals surface area contributed by atoms with E-state index in [9.17, 15) is 14.9 Å². The summed E-state index contributed by atoms with van der Waals surface area (Å²) in [6.45, 7) is 1.84. The predicted molar refractivity (Wildman–Crippen MR) is 81.7 cm³/mol. The quantitative estimate of drug-likeness (QED) is 0.516. The van der Waals surface area contributed by atoms with E-state index in [1.54, 1.807) is 12.1 Å². The third-order valence-corrected chi connectivity index (χ3v) is 3.27. The van der Waals surface area contributed by atoms with Crippen LogP contribution in [0.25, 0.3) is 0 Å². The second kappa shape index (κ2) is 5.80. The third-order valence-electron chi connectivity index (χ3n) is 2.96. The van der Waals surface area contributed by atoms with Gasteiger partial charge in [-0.15, -0.1) is 0 Å². The zero-order valence-corrected chi connectivity index (χ0v) is 11.8. The molecule has 0 fully saturated rings. The molecule has 0 bridgehead atoms. The molecule has 0 aliphatic carbocycles. The summed E-state index contributed by atoms with van der Waals surface area (Å²) in [5.41, 5.74) is 6.55. The number of nitrogens with one attached hydrogen (secondary N) is 1. The Kier molecular flexibility index (Phi) is 4.09. The number of nitro groups is 1. The van der Waals surface area contributed by atoms with Crippen LogP contribution in [0.1, 0.15) is 15.9 Å². The van der Waals surface area contributed by atoms with E-state index in [-0.39, 0.29) is 16.3 Å². The Balaban J connectivity index is 2.36. The number of anilines is 2. The van der Waals surface area contributed by atoms with E-state index in [1.165, 1.54) is 6.07 Å². The molecule has 2 aromatic carbocycles. The summed E-state index contributed by atoms with van der Waals surface area (Å²) in [6, 6.07) is 9.61. The molecule has 0 aliphatic heterocycles. The number of carbonyl (C=O) groups excluding carboxylic acids is 1. The number of benzene rings is 2. The molecular weight excluding hydrogens is 294 g/mol. The lowest BCUT2D eigenvalue weighted by atomic mass is 10.1. The van der Waals surface area contributed by atoms with Gasteiger partial charge in [0.05, 0.1) is 9.95 Å². The monoisotopic (exact) mass is 305 g/mol. The van der Waals surface area contributed by atoms with E-state index in [4.69, 9.17) is 17.3 Å². The van der Waals surface area contributed by atoms with E-state index in [1.807, 2.05) is 19.1 Å². The van der Waals surface area contributed by atoms with Gasteiger partial charge < -0.3 is 11.1 Å². The molecule has 2 rings (SSSR count). The van der Waals surface area contributed by atoms with Crippen LogP contribution < -0.4 is 11.1 Å². The first kappa shape index (κ1) is 14.8. The number of nitro benzene ring substituents is 1. The number of carbonyl (C=O) groups is 1. The Morgan fingerprint density at radius 3 is 2.62 bits per heavy atom. The standard InChI is InChI=1S/C14H12ClN3O3/c1-8-4-2-3-5-11(8)17-14(19)9-6-10(15)13(16)12(7-9)18(20)21/h2-7H,16H2,1H3,(H,17,19). The lowest BCUT2D eigenvalue weighted by molar-refractivity contribution is -0.383. The average molecular weight is 306 g/mol. The van der Waals surface area contributed by atoms with E-state index in [2.05, 4.69) is 5.32 Å². The van der Waals surface area contributed by atoms with Crippen LogP contribution in [0.15, 0.2) is 36.4 Å². The molecule has 0 aromatic heterocycles. The Morgan fingerprint density at radius 2 is 2.00 bits per heavy atom. The molecule has 0 atom stereocenters. The van der Waals surface area contributed by atoms with Crippen molar-refractivity contribution in [3.63, 3.8) is 0 Å². The fraction of sp³-hybridized carbons (Fsp3) is 0.0714. The van der Waals surface area contributed by atoms with E-state index < -0.39 is 16.5 Å². The highest BCUT2D eigenvalue weighted by Gasteiger charge is 2.19. The number of hydrogen-bond acceptors (Lipinski definition) is 4. The summed E-state index contributed by atoms with van der Waals surface area (Å²) in [6.07, 6.45) is 0. The van der Waals surface area contributed by atoms with E-state index in [0.717, 1.165) is 11.6 Å². The fourth-order valence-electron chi connectivity index (χ4n) is 1.79. The topological polar surface area (TPSA) is 98.3 Å². The van der Waals surface area contributed by atoms with Gasteiger partial charge in [0.25, 0.3) is 11.6 Å². The lowest BCUT2D eigenvalue weighted by Gasteiger charge is -2.09. The minimum absolute atomic E-state index is 0.0286. The van der Waals surface area contributed by atoms with Gasteiger partial charge >= 0.3 is 0 Å². The van der Waals surface area contributed by atoms with Crippen LogP contribution in [0.2, 0.25) is 5.02 Å². The van der Waals surface area contributed by atoms with Crippen molar-refractivity contribution in [3.8, 4) is 0 Å². The molecule has 0 aliphatic rings. The van der Waals surface area contributed by atoms with Gasteiger partial charge in [-0.1, -0.05) is 29.8 Å². The summed E-state index contributed by atoms with van der Waals surface area (Å²) < 4.78 is 0.